The Morgan fingerprint density at radius 1 is 1.21 bits per heavy atom. The number of nitrogens with one attached hydrogen (secondary N) is 1. The Hall–Kier alpha value is -2.47. The van der Waals surface area contributed by atoms with Crippen LogP contribution in [0.5, 0.6) is 0 Å². The molecule has 3 heteroatoms. The van der Waals surface area contributed by atoms with Crippen molar-refractivity contribution in [3.05, 3.63) is 58.7 Å². The van der Waals surface area contributed by atoms with Crippen molar-refractivity contribution in [2.24, 2.45) is 0 Å². The first-order valence-corrected chi connectivity index (χ1v) is 6.20. The van der Waals surface area contributed by atoms with Crippen LogP contribution in [0.1, 0.15) is 22.3 Å². The molecular formula is C16H17N3. The molecule has 0 saturated carbocycles. The lowest BCUT2D eigenvalue weighted by Gasteiger charge is -2.12. The molecule has 3 nitrogen and oxygen atoms in total. The average molecular weight is 251 g/mol. The first-order valence-electron chi connectivity index (χ1n) is 6.20. The van der Waals surface area contributed by atoms with Crippen molar-refractivity contribution < 1.29 is 0 Å². The molecule has 2 aromatic rings. The van der Waals surface area contributed by atoms with Gasteiger partial charge in [0.25, 0.3) is 0 Å². The van der Waals surface area contributed by atoms with Gasteiger partial charge in [-0.3, -0.25) is 0 Å². The Labute approximate surface area is 113 Å². The van der Waals surface area contributed by atoms with Crippen LogP contribution in [0.2, 0.25) is 0 Å². The summed E-state index contributed by atoms with van der Waals surface area (Å²) >= 11 is 0. The normalized spacial score (nSPS) is 9.95. The van der Waals surface area contributed by atoms with Gasteiger partial charge in [-0.2, -0.15) is 5.26 Å². The van der Waals surface area contributed by atoms with Crippen LogP contribution < -0.4 is 11.1 Å². The van der Waals surface area contributed by atoms with Gasteiger partial charge < -0.3 is 11.1 Å². The van der Waals surface area contributed by atoms with Crippen molar-refractivity contribution in [3.8, 4) is 6.07 Å². The Balaban J connectivity index is 2.20. The van der Waals surface area contributed by atoms with E-state index in [2.05, 4.69) is 11.4 Å². The van der Waals surface area contributed by atoms with Crippen molar-refractivity contribution in [2.45, 2.75) is 20.4 Å². The quantitative estimate of drug-likeness (QED) is 0.822. The van der Waals surface area contributed by atoms with Gasteiger partial charge in [-0.15, -0.1) is 0 Å². The summed E-state index contributed by atoms with van der Waals surface area (Å²) in [5.74, 6) is 0. The Morgan fingerprint density at radius 2 is 2.00 bits per heavy atom. The summed E-state index contributed by atoms with van der Waals surface area (Å²) in [4.78, 5) is 0. The number of nitrogen functional groups attached to an aromatic ring is 1. The molecule has 0 aromatic heterocycles. The molecule has 0 aliphatic heterocycles. The summed E-state index contributed by atoms with van der Waals surface area (Å²) in [6.07, 6.45) is 0. The highest BCUT2D eigenvalue weighted by Crippen LogP contribution is 2.20. The van der Waals surface area contributed by atoms with E-state index in [0.29, 0.717) is 12.1 Å². The van der Waals surface area contributed by atoms with Crippen molar-refractivity contribution in [3.63, 3.8) is 0 Å². The van der Waals surface area contributed by atoms with Crippen LogP contribution in [0.25, 0.3) is 0 Å². The predicted octanol–water partition coefficient (Wildman–Crippen LogP) is 3.37. The molecule has 2 aromatic carbocycles. The molecule has 0 bridgehead atoms. The molecular weight excluding hydrogens is 234 g/mol. The fourth-order valence-corrected chi connectivity index (χ4v) is 1.99. The number of hydrogen-bond acceptors (Lipinski definition) is 3. The number of anilines is 2. The smallest absolute Gasteiger partial charge is 0.101 e. The van der Waals surface area contributed by atoms with Gasteiger partial charge in [0.2, 0.25) is 0 Å². The molecule has 0 atom stereocenters. The Bertz CT molecular complexity index is 639. The van der Waals surface area contributed by atoms with E-state index in [1.54, 1.807) is 0 Å². The van der Waals surface area contributed by atoms with Crippen molar-refractivity contribution >= 4 is 11.4 Å². The third-order valence-electron chi connectivity index (χ3n) is 3.25. The highest BCUT2D eigenvalue weighted by Gasteiger charge is 2.04. The van der Waals surface area contributed by atoms with Gasteiger partial charge in [-0.25, -0.2) is 0 Å². The SMILES string of the molecule is Cc1ccc(NCc2cccc(N)c2C)c(C#N)c1. The fraction of sp³-hybridized carbons (Fsp3) is 0.188. The minimum absolute atomic E-state index is 0.661. The van der Waals surface area contributed by atoms with Gasteiger partial charge in [0.05, 0.1) is 11.3 Å². The van der Waals surface area contributed by atoms with E-state index in [9.17, 15) is 0 Å². The van der Waals surface area contributed by atoms with Crippen LogP contribution in [0.4, 0.5) is 11.4 Å². The number of rotatable bonds is 3. The first-order chi connectivity index (χ1) is 9.11. The number of nitrogens with two attached hydrogens (primary N) is 1. The summed E-state index contributed by atoms with van der Waals surface area (Å²) in [6.45, 7) is 4.65. The fourth-order valence-electron chi connectivity index (χ4n) is 1.99. The van der Waals surface area contributed by atoms with Gasteiger partial charge >= 0.3 is 0 Å². The van der Waals surface area contributed by atoms with Crippen LogP contribution in [0.15, 0.2) is 36.4 Å². The van der Waals surface area contributed by atoms with E-state index in [-0.39, 0.29) is 0 Å². The molecule has 3 N–H and O–H groups in total. The van der Waals surface area contributed by atoms with Crippen molar-refractivity contribution in [2.75, 3.05) is 11.1 Å². The monoisotopic (exact) mass is 251 g/mol. The summed E-state index contributed by atoms with van der Waals surface area (Å²) < 4.78 is 0. The van der Waals surface area contributed by atoms with E-state index >= 15 is 0 Å². The first kappa shape index (κ1) is 13.0. The topological polar surface area (TPSA) is 61.8 Å². The third kappa shape index (κ3) is 2.86. The lowest BCUT2D eigenvalue weighted by molar-refractivity contribution is 1.12. The van der Waals surface area contributed by atoms with Crippen LogP contribution in [0, 0.1) is 25.2 Å². The summed E-state index contributed by atoms with van der Waals surface area (Å²) in [5, 5.41) is 12.4. The highest BCUT2D eigenvalue weighted by atomic mass is 14.9. The molecule has 0 spiro atoms. The second-order valence-electron chi connectivity index (χ2n) is 4.65. The molecule has 0 amide bonds. The standard InChI is InChI=1S/C16H17N3/c1-11-6-7-16(14(8-11)9-17)19-10-13-4-3-5-15(18)12(13)2/h3-8,19H,10,18H2,1-2H3. The molecule has 0 aliphatic rings. The minimum atomic E-state index is 0.661. The third-order valence-corrected chi connectivity index (χ3v) is 3.25. The summed E-state index contributed by atoms with van der Waals surface area (Å²) in [7, 11) is 0. The number of benzene rings is 2. The lowest BCUT2D eigenvalue weighted by Crippen LogP contribution is -2.04. The van der Waals surface area contributed by atoms with E-state index < -0.39 is 0 Å². The van der Waals surface area contributed by atoms with Crippen LogP contribution in [-0.2, 0) is 6.54 Å². The maximum atomic E-state index is 9.13. The van der Waals surface area contributed by atoms with Gasteiger partial charge in [-0.05, 0) is 48.7 Å². The summed E-state index contributed by atoms with van der Waals surface area (Å²) in [6, 6.07) is 13.9. The second-order valence-corrected chi connectivity index (χ2v) is 4.65. The van der Waals surface area contributed by atoms with Crippen molar-refractivity contribution in [1.29, 1.82) is 5.26 Å². The van der Waals surface area contributed by atoms with E-state index in [1.807, 2.05) is 50.2 Å². The molecule has 0 radical (unpaired) electrons. The lowest BCUT2D eigenvalue weighted by atomic mass is 10.1. The van der Waals surface area contributed by atoms with Crippen LogP contribution in [-0.4, -0.2) is 0 Å². The maximum Gasteiger partial charge on any atom is 0.101 e. The van der Waals surface area contributed by atoms with Crippen molar-refractivity contribution in [1.82, 2.24) is 0 Å². The molecule has 0 unspecified atom stereocenters. The Morgan fingerprint density at radius 3 is 2.74 bits per heavy atom. The molecule has 19 heavy (non-hydrogen) atoms. The maximum absolute atomic E-state index is 9.13. The van der Waals surface area contributed by atoms with Crippen LogP contribution in [0.3, 0.4) is 0 Å². The zero-order valence-corrected chi connectivity index (χ0v) is 11.2. The largest absolute Gasteiger partial charge is 0.399 e. The molecule has 0 saturated heterocycles. The molecule has 2 rings (SSSR count). The zero-order valence-electron chi connectivity index (χ0n) is 11.2. The minimum Gasteiger partial charge on any atom is -0.399 e. The van der Waals surface area contributed by atoms with Gasteiger partial charge in [0.15, 0.2) is 0 Å². The Kier molecular flexibility index (Phi) is 3.72. The van der Waals surface area contributed by atoms with Crippen LogP contribution >= 0.6 is 0 Å². The number of nitriles is 1. The van der Waals surface area contributed by atoms with Gasteiger partial charge in [-0.1, -0.05) is 18.2 Å². The number of aryl methyl sites for hydroxylation is 1. The molecule has 96 valence electrons. The highest BCUT2D eigenvalue weighted by molar-refractivity contribution is 5.59. The van der Waals surface area contributed by atoms with E-state index in [1.165, 1.54) is 0 Å². The van der Waals surface area contributed by atoms with E-state index in [4.69, 9.17) is 11.0 Å². The van der Waals surface area contributed by atoms with Gasteiger partial charge in [0, 0.05) is 12.2 Å². The predicted molar refractivity (Wildman–Crippen MR) is 78.8 cm³/mol. The molecule has 0 heterocycles. The zero-order chi connectivity index (χ0) is 13.8. The van der Waals surface area contributed by atoms with E-state index in [0.717, 1.165) is 28.1 Å². The van der Waals surface area contributed by atoms with Gasteiger partial charge in [0.1, 0.15) is 6.07 Å². The number of nitrogens with zero attached hydrogens (tertiary/aromatic N) is 1. The average Bonchev–Trinajstić information content (AvgIpc) is 2.41. The second kappa shape index (κ2) is 5.45. The molecule has 0 fully saturated rings. The summed E-state index contributed by atoms with van der Waals surface area (Å²) in [5.41, 5.74) is 11.5. The molecule has 0 aliphatic carbocycles. The number of hydrogen-bond donors (Lipinski definition) is 2.